The standard InChI is InChI=1S/C13H20N4O2S/c1-9-10(20-8-15-9)11(18)16-13(12(14)17-19)6-4-2-3-5-7-13/h8,19H,2-7H2,1H3,(H2,14,17)(H,16,18). The lowest BCUT2D eigenvalue weighted by Gasteiger charge is -2.32. The van der Waals surface area contributed by atoms with Crippen LogP contribution in [0.5, 0.6) is 0 Å². The summed E-state index contributed by atoms with van der Waals surface area (Å²) in [5.41, 5.74) is 7.48. The molecule has 0 aliphatic heterocycles. The van der Waals surface area contributed by atoms with Crippen LogP contribution in [0.4, 0.5) is 0 Å². The average Bonchev–Trinajstić information content (AvgIpc) is 2.73. The molecule has 1 saturated carbocycles. The molecule has 4 N–H and O–H groups in total. The number of nitrogens with zero attached hydrogens (tertiary/aromatic N) is 2. The van der Waals surface area contributed by atoms with Gasteiger partial charge in [-0.15, -0.1) is 11.3 Å². The number of amidine groups is 1. The Bertz CT molecular complexity index is 504. The number of nitrogens with two attached hydrogens (primary N) is 1. The van der Waals surface area contributed by atoms with E-state index in [-0.39, 0.29) is 11.7 Å². The number of oxime groups is 1. The highest BCUT2D eigenvalue weighted by Crippen LogP contribution is 2.28. The van der Waals surface area contributed by atoms with Gasteiger partial charge in [-0.2, -0.15) is 0 Å². The van der Waals surface area contributed by atoms with Crippen LogP contribution in [0, 0.1) is 6.92 Å². The number of carbonyl (C=O) groups excluding carboxylic acids is 1. The predicted molar refractivity (Wildman–Crippen MR) is 78.2 cm³/mol. The maximum absolute atomic E-state index is 12.4. The van der Waals surface area contributed by atoms with Crippen molar-refractivity contribution in [3.63, 3.8) is 0 Å². The smallest absolute Gasteiger partial charge is 0.264 e. The van der Waals surface area contributed by atoms with Crippen LogP contribution in [-0.2, 0) is 0 Å². The van der Waals surface area contributed by atoms with Gasteiger partial charge in [-0.3, -0.25) is 4.79 Å². The first kappa shape index (κ1) is 14.8. The number of thiazole rings is 1. The van der Waals surface area contributed by atoms with Gasteiger partial charge < -0.3 is 16.3 Å². The average molecular weight is 296 g/mol. The highest BCUT2D eigenvalue weighted by atomic mass is 32.1. The van der Waals surface area contributed by atoms with Crippen molar-refractivity contribution in [1.29, 1.82) is 0 Å². The van der Waals surface area contributed by atoms with Crippen LogP contribution in [0.25, 0.3) is 0 Å². The zero-order chi connectivity index (χ0) is 14.6. The van der Waals surface area contributed by atoms with Crippen molar-refractivity contribution in [2.45, 2.75) is 51.0 Å². The molecule has 1 aromatic heterocycles. The minimum Gasteiger partial charge on any atom is -0.409 e. The monoisotopic (exact) mass is 296 g/mol. The first-order valence-corrected chi connectivity index (χ1v) is 7.67. The summed E-state index contributed by atoms with van der Waals surface area (Å²) in [6.07, 6.45) is 5.53. The van der Waals surface area contributed by atoms with Crippen LogP contribution in [-0.4, -0.2) is 27.5 Å². The van der Waals surface area contributed by atoms with E-state index in [1.54, 1.807) is 12.4 Å². The fourth-order valence-corrected chi connectivity index (χ4v) is 3.36. The summed E-state index contributed by atoms with van der Waals surface area (Å²) in [5.74, 6) is -0.103. The molecule has 20 heavy (non-hydrogen) atoms. The molecule has 1 heterocycles. The van der Waals surface area contributed by atoms with Crippen LogP contribution in [0.2, 0.25) is 0 Å². The summed E-state index contributed by atoms with van der Waals surface area (Å²) in [4.78, 5) is 17.1. The second kappa shape index (κ2) is 6.21. The molecular weight excluding hydrogens is 276 g/mol. The van der Waals surface area contributed by atoms with Crippen LogP contribution in [0.15, 0.2) is 10.7 Å². The molecule has 1 fully saturated rings. The summed E-state index contributed by atoms with van der Waals surface area (Å²) in [7, 11) is 0. The van der Waals surface area contributed by atoms with Gasteiger partial charge in [0.2, 0.25) is 0 Å². The van der Waals surface area contributed by atoms with Gasteiger partial charge in [-0.05, 0) is 19.8 Å². The maximum atomic E-state index is 12.4. The second-order valence-corrected chi connectivity index (χ2v) is 6.06. The van der Waals surface area contributed by atoms with Crippen molar-refractivity contribution < 1.29 is 10.0 Å². The Balaban J connectivity index is 2.24. The van der Waals surface area contributed by atoms with Crippen molar-refractivity contribution in [3.05, 3.63) is 16.1 Å². The Morgan fingerprint density at radius 3 is 2.60 bits per heavy atom. The molecule has 1 amide bonds. The van der Waals surface area contributed by atoms with E-state index >= 15 is 0 Å². The molecule has 0 bridgehead atoms. The quantitative estimate of drug-likeness (QED) is 0.261. The van der Waals surface area contributed by atoms with E-state index in [2.05, 4.69) is 15.5 Å². The third kappa shape index (κ3) is 2.92. The number of carbonyl (C=O) groups is 1. The molecular formula is C13H20N4O2S. The normalized spacial score (nSPS) is 19.4. The van der Waals surface area contributed by atoms with Gasteiger partial charge in [0.15, 0.2) is 5.84 Å². The third-order valence-corrected chi connectivity index (χ3v) is 4.79. The summed E-state index contributed by atoms with van der Waals surface area (Å²) in [6.45, 7) is 1.80. The molecule has 6 nitrogen and oxygen atoms in total. The number of nitrogens with one attached hydrogen (secondary N) is 1. The molecule has 0 aromatic carbocycles. The Morgan fingerprint density at radius 2 is 2.10 bits per heavy atom. The van der Waals surface area contributed by atoms with E-state index in [1.807, 2.05) is 0 Å². The fourth-order valence-electron chi connectivity index (χ4n) is 2.67. The van der Waals surface area contributed by atoms with Gasteiger partial charge in [-0.1, -0.05) is 30.8 Å². The molecule has 1 aliphatic carbocycles. The number of aromatic nitrogens is 1. The van der Waals surface area contributed by atoms with E-state index in [1.165, 1.54) is 11.3 Å². The van der Waals surface area contributed by atoms with Gasteiger partial charge in [0.05, 0.1) is 11.2 Å². The van der Waals surface area contributed by atoms with Gasteiger partial charge in [0.25, 0.3) is 5.91 Å². The highest BCUT2D eigenvalue weighted by Gasteiger charge is 2.37. The van der Waals surface area contributed by atoms with Crippen LogP contribution >= 0.6 is 11.3 Å². The first-order chi connectivity index (χ1) is 9.59. The lowest BCUT2D eigenvalue weighted by molar-refractivity contribution is 0.0918. The fraction of sp³-hybridized carbons (Fsp3) is 0.615. The van der Waals surface area contributed by atoms with Crippen molar-refractivity contribution in [2.24, 2.45) is 10.9 Å². The maximum Gasteiger partial charge on any atom is 0.264 e. The molecule has 1 aromatic rings. The van der Waals surface area contributed by atoms with Gasteiger partial charge in [-0.25, -0.2) is 4.98 Å². The van der Waals surface area contributed by atoms with E-state index in [4.69, 9.17) is 10.9 Å². The third-order valence-electron chi connectivity index (χ3n) is 3.86. The summed E-state index contributed by atoms with van der Waals surface area (Å²) < 4.78 is 0. The molecule has 110 valence electrons. The second-order valence-electron chi connectivity index (χ2n) is 5.20. The molecule has 2 rings (SSSR count). The molecule has 0 unspecified atom stereocenters. The topological polar surface area (TPSA) is 101 Å². The summed E-state index contributed by atoms with van der Waals surface area (Å²) in [5, 5.41) is 15.2. The van der Waals surface area contributed by atoms with E-state index in [0.29, 0.717) is 23.4 Å². The SMILES string of the molecule is Cc1ncsc1C(=O)NC1(/C(N)=N/O)CCCCCC1. The van der Waals surface area contributed by atoms with E-state index < -0.39 is 5.54 Å². The van der Waals surface area contributed by atoms with Crippen LogP contribution < -0.4 is 11.1 Å². The molecule has 0 saturated heterocycles. The number of hydrogen-bond acceptors (Lipinski definition) is 5. The highest BCUT2D eigenvalue weighted by molar-refractivity contribution is 7.11. The Hall–Kier alpha value is -1.63. The molecule has 1 aliphatic rings. The Kier molecular flexibility index (Phi) is 4.59. The Morgan fingerprint density at radius 1 is 1.45 bits per heavy atom. The van der Waals surface area contributed by atoms with Crippen LogP contribution in [0.1, 0.15) is 53.9 Å². The summed E-state index contributed by atoms with van der Waals surface area (Å²) >= 11 is 1.30. The molecule has 7 heteroatoms. The zero-order valence-corrected chi connectivity index (χ0v) is 12.4. The molecule has 0 spiro atoms. The predicted octanol–water partition coefficient (Wildman–Crippen LogP) is 2.02. The lowest BCUT2D eigenvalue weighted by Crippen LogP contribution is -2.57. The largest absolute Gasteiger partial charge is 0.409 e. The van der Waals surface area contributed by atoms with E-state index in [9.17, 15) is 4.79 Å². The molecule has 0 radical (unpaired) electrons. The van der Waals surface area contributed by atoms with Crippen molar-refractivity contribution >= 4 is 23.1 Å². The number of amides is 1. The minimum absolute atomic E-state index is 0.0925. The van der Waals surface area contributed by atoms with Crippen molar-refractivity contribution in [2.75, 3.05) is 0 Å². The van der Waals surface area contributed by atoms with Gasteiger partial charge >= 0.3 is 0 Å². The van der Waals surface area contributed by atoms with Crippen molar-refractivity contribution in [1.82, 2.24) is 10.3 Å². The number of rotatable bonds is 3. The van der Waals surface area contributed by atoms with Crippen molar-refractivity contribution in [3.8, 4) is 0 Å². The zero-order valence-electron chi connectivity index (χ0n) is 11.6. The van der Waals surface area contributed by atoms with E-state index in [0.717, 1.165) is 25.7 Å². The lowest BCUT2D eigenvalue weighted by atomic mass is 9.88. The van der Waals surface area contributed by atoms with Crippen LogP contribution in [0.3, 0.4) is 0 Å². The molecule has 0 atom stereocenters. The Labute approximate surface area is 122 Å². The summed E-state index contributed by atoms with van der Waals surface area (Å²) in [6, 6.07) is 0. The number of aryl methyl sites for hydroxylation is 1. The first-order valence-electron chi connectivity index (χ1n) is 6.80. The van der Waals surface area contributed by atoms with Gasteiger partial charge in [0, 0.05) is 0 Å². The number of hydrogen-bond donors (Lipinski definition) is 3. The minimum atomic E-state index is -0.737. The van der Waals surface area contributed by atoms with Gasteiger partial charge in [0.1, 0.15) is 10.4 Å².